The Hall–Kier alpha value is -1.57. The molecule has 1 amide bonds. The van der Waals surface area contributed by atoms with Crippen LogP contribution in [0, 0.1) is 0 Å². The quantitative estimate of drug-likeness (QED) is 0.739. The Labute approximate surface area is 127 Å². The SMILES string of the molecule is CNS(=O)(=O)CCNC(=O)Cc1c[nH]c2ccc(Cl)cc12. The molecule has 2 aromatic rings. The minimum atomic E-state index is -3.31. The molecule has 6 nitrogen and oxygen atoms in total. The maximum Gasteiger partial charge on any atom is 0.224 e. The van der Waals surface area contributed by atoms with Crippen molar-refractivity contribution in [3.8, 4) is 0 Å². The molecule has 21 heavy (non-hydrogen) atoms. The number of sulfonamides is 1. The molecule has 0 saturated heterocycles. The molecule has 114 valence electrons. The van der Waals surface area contributed by atoms with E-state index in [1.54, 1.807) is 18.3 Å². The van der Waals surface area contributed by atoms with Crippen LogP contribution in [0.3, 0.4) is 0 Å². The third-order valence-corrected chi connectivity index (χ3v) is 4.68. The first kappa shape index (κ1) is 15.8. The van der Waals surface area contributed by atoms with E-state index in [1.165, 1.54) is 7.05 Å². The predicted molar refractivity (Wildman–Crippen MR) is 82.9 cm³/mol. The van der Waals surface area contributed by atoms with Crippen molar-refractivity contribution in [2.45, 2.75) is 6.42 Å². The number of hydrogen-bond acceptors (Lipinski definition) is 3. The standard InChI is InChI=1S/C13H16ClN3O3S/c1-15-21(19,20)5-4-16-13(18)6-9-8-17-12-3-2-10(14)7-11(9)12/h2-3,7-8,15,17H,4-6H2,1H3,(H,16,18). The molecule has 0 unspecified atom stereocenters. The fourth-order valence-electron chi connectivity index (χ4n) is 1.96. The van der Waals surface area contributed by atoms with Crippen LogP contribution in [0.25, 0.3) is 10.9 Å². The van der Waals surface area contributed by atoms with Crippen LogP contribution in [0.4, 0.5) is 0 Å². The summed E-state index contributed by atoms with van der Waals surface area (Å²) in [6.07, 6.45) is 1.92. The van der Waals surface area contributed by atoms with E-state index in [0.717, 1.165) is 16.5 Å². The zero-order valence-corrected chi connectivity index (χ0v) is 13.0. The van der Waals surface area contributed by atoms with Crippen molar-refractivity contribution in [1.29, 1.82) is 0 Å². The Kier molecular flexibility index (Phi) is 4.87. The summed E-state index contributed by atoms with van der Waals surface area (Å²) >= 11 is 5.95. The second-order valence-electron chi connectivity index (χ2n) is 4.55. The third-order valence-electron chi connectivity index (χ3n) is 3.08. The molecule has 0 fully saturated rings. The second kappa shape index (κ2) is 6.46. The van der Waals surface area contributed by atoms with Gasteiger partial charge in [0.15, 0.2) is 0 Å². The molecule has 0 radical (unpaired) electrons. The van der Waals surface area contributed by atoms with Gasteiger partial charge in [-0.25, -0.2) is 13.1 Å². The molecule has 1 aromatic heterocycles. The highest BCUT2D eigenvalue weighted by atomic mass is 35.5. The van der Waals surface area contributed by atoms with E-state index in [0.29, 0.717) is 5.02 Å². The highest BCUT2D eigenvalue weighted by Gasteiger charge is 2.11. The summed E-state index contributed by atoms with van der Waals surface area (Å²) in [7, 11) is -1.97. The summed E-state index contributed by atoms with van der Waals surface area (Å²) in [5.41, 5.74) is 1.72. The first-order valence-corrected chi connectivity index (χ1v) is 8.38. The summed E-state index contributed by atoms with van der Waals surface area (Å²) in [4.78, 5) is 14.9. The number of hydrogen-bond donors (Lipinski definition) is 3. The van der Waals surface area contributed by atoms with Crippen LogP contribution in [0.15, 0.2) is 24.4 Å². The molecular formula is C13H16ClN3O3S. The normalized spacial score (nSPS) is 11.7. The number of aromatic nitrogens is 1. The van der Waals surface area contributed by atoms with Gasteiger partial charge in [0.2, 0.25) is 15.9 Å². The molecule has 8 heteroatoms. The van der Waals surface area contributed by atoms with Gasteiger partial charge in [0.25, 0.3) is 0 Å². The molecule has 0 atom stereocenters. The highest BCUT2D eigenvalue weighted by molar-refractivity contribution is 7.89. The van der Waals surface area contributed by atoms with Gasteiger partial charge in [-0.05, 0) is 30.8 Å². The van der Waals surface area contributed by atoms with Crippen LogP contribution < -0.4 is 10.0 Å². The summed E-state index contributed by atoms with van der Waals surface area (Å²) in [5, 5.41) is 4.08. The van der Waals surface area contributed by atoms with Crippen molar-refractivity contribution < 1.29 is 13.2 Å². The Bertz CT molecular complexity index is 755. The van der Waals surface area contributed by atoms with Crippen LogP contribution in [0.2, 0.25) is 5.02 Å². The van der Waals surface area contributed by atoms with Gasteiger partial charge in [-0.1, -0.05) is 11.6 Å². The maximum atomic E-state index is 11.8. The number of benzene rings is 1. The summed E-state index contributed by atoms with van der Waals surface area (Å²) in [6, 6.07) is 5.41. The average molecular weight is 330 g/mol. The van der Waals surface area contributed by atoms with Crippen molar-refractivity contribution in [3.63, 3.8) is 0 Å². The molecular weight excluding hydrogens is 314 g/mol. The lowest BCUT2D eigenvalue weighted by molar-refractivity contribution is -0.120. The average Bonchev–Trinajstić information content (AvgIpc) is 2.81. The zero-order chi connectivity index (χ0) is 15.5. The van der Waals surface area contributed by atoms with Gasteiger partial charge >= 0.3 is 0 Å². The van der Waals surface area contributed by atoms with E-state index in [4.69, 9.17) is 11.6 Å². The number of nitrogens with one attached hydrogen (secondary N) is 3. The van der Waals surface area contributed by atoms with Gasteiger partial charge in [0.1, 0.15) is 0 Å². The van der Waals surface area contributed by atoms with Crippen LogP contribution in [0.5, 0.6) is 0 Å². The summed E-state index contributed by atoms with van der Waals surface area (Å²) in [5.74, 6) is -0.378. The monoisotopic (exact) mass is 329 g/mol. The lowest BCUT2D eigenvalue weighted by atomic mass is 10.1. The fraction of sp³-hybridized carbons (Fsp3) is 0.308. The topological polar surface area (TPSA) is 91.1 Å². The van der Waals surface area contributed by atoms with E-state index in [1.807, 2.05) is 6.07 Å². The van der Waals surface area contributed by atoms with Crippen LogP contribution in [0.1, 0.15) is 5.56 Å². The lowest BCUT2D eigenvalue weighted by Gasteiger charge is -2.05. The van der Waals surface area contributed by atoms with Crippen molar-refractivity contribution in [2.24, 2.45) is 0 Å². The molecule has 0 aliphatic carbocycles. The molecule has 1 aromatic carbocycles. The number of H-pyrrole nitrogens is 1. The van der Waals surface area contributed by atoms with Gasteiger partial charge in [-0.15, -0.1) is 0 Å². The molecule has 0 spiro atoms. The lowest BCUT2D eigenvalue weighted by Crippen LogP contribution is -2.33. The Morgan fingerprint density at radius 3 is 2.86 bits per heavy atom. The highest BCUT2D eigenvalue weighted by Crippen LogP contribution is 2.22. The van der Waals surface area contributed by atoms with Gasteiger partial charge in [0, 0.05) is 28.7 Å². The van der Waals surface area contributed by atoms with E-state index in [2.05, 4.69) is 15.0 Å². The molecule has 0 aliphatic rings. The summed E-state index contributed by atoms with van der Waals surface area (Å²) in [6.45, 7) is 0.0745. The smallest absolute Gasteiger partial charge is 0.224 e. The number of aromatic amines is 1. The molecule has 0 aliphatic heterocycles. The van der Waals surface area contributed by atoms with Crippen LogP contribution in [-0.2, 0) is 21.2 Å². The third kappa shape index (κ3) is 4.20. The Morgan fingerprint density at radius 2 is 2.14 bits per heavy atom. The number of carbonyl (C=O) groups is 1. The maximum absolute atomic E-state index is 11.8. The van der Waals surface area contributed by atoms with Crippen molar-refractivity contribution >= 4 is 38.4 Å². The van der Waals surface area contributed by atoms with E-state index in [-0.39, 0.29) is 24.6 Å². The van der Waals surface area contributed by atoms with Gasteiger partial charge in [-0.3, -0.25) is 4.79 Å². The fourth-order valence-corrected chi connectivity index (χ4v) is 2.71. The number of carbonyl (C=O) groups excluding carboxylic acids is 1. The van der Waals surface area contributed by atoms with Crippen molar-refractivity contribution in [3.05, 3.63) is 35.0 Å². The first-order valence-electron chi connectivity index (χ1n) is 6.35. The van der Waals surface area contributed by atoms with E-state index in [9.17, 15) is 13.2 Å². The molecule has 0 bridgehead atoms. The summed E-state index contributed by atoms with van der Waals surface area (Å²) < 4.78 is 24.6. The number of halogens is 1. The molecule has 0 saturated carbocycles. The van der Waals surface area contributed by atoms with E-state index >= 15 is 0 Å². The van der Waals surface area contributed by atoms with Crippen molar-refractivity contribution in [2.75, 3.05) is 19.3 Å². The minimum Gasteiger partial charge on any atom is -0.361 e. The Balaban J connectivity index is 1.97. The van der Waals surface area contributed by atoms with Crippen LogP contribution >= 0.6 is 11.6 Å². The zero-order valence-electron chi connectivity index (χ0n) is 11.4. The largest absolute Gasteiger partial charge is 0.361 e. The predicted octanol–water partition coefficient (Wildman–Crippen LogP) is 1.03. The second-order valence-corrected chi connectivity index (χ2v) is 7.04. The number of rotatable bonds is 6. The van der Waals surface area contributed by atoms with Crippen LogP contribution in [-0.4, -0.2) is 38.7 Å². The molecule has 2 rings (SSSR count). The molecule has 1 heterocycles. The van der Waals surface area contributed by atoms with E-state index < -0.39 is 10.0 Å². The first-order chi connectivity index (χ1) is 9.91. The molecule has 3 N–H and O–H groups in total. The number of fused-ring (bicyclic) bond motifs is 1. The number of amides is 1. The minimum absolute atomic E-state index is 0.0745. The van der Waals surface area contributed by atoms with Gasteiger partial charge in [0.05, 0.1) is 12.2 Å². The van der Waals surface area contributed by atoms with Crippen molar-refractivity contribution in [1.82, 2.24) is 15.0 Å². The van der Waals surface area contributed by atoms with Gasteiger partial charge in [-0.2, -0.15) is 0 Å². The van der Waals surface area contributed by atoms with Gasteiger partial charge < -0.3 is 10.3 Å². The Morgan fingerprint density at radius 1 is 1.38 bits per heavy atom.